The van der Waals surface area contributed by atoms with Gasteiger partial charge in [-0.25, -0.2) is 0 Å². The summed E-state index contributed by atoms with van der Waals surface area (Å²) in [5.41, 5.74) is 21.7. The zero-order chi connectivity index (χ0) is 39.5. The SMILES string of the molecule is Cc1cc2c3c(c1)N1c4cc5c(cc4C(C)(C)c4cccc(c41)B3N(c1cccc3c1sc1ccccc13)c1cc(-c3ccccc3)ccc1-2)C(C)(C)CCC5(C)C. The van der Waals surface area contributed by atoms with E-state index in [1.807, 2.05) is 11.3 Å². The highest BCUT2D eigenvalue weighted by atomic mass is 32.1. The van der Waals surface area contributed by atoms with Gasteiger partial charge in [0.15, 0.2) is 0 Å². The van der Waals surface area contributed by atoms with E-state index in [1.165, 1.54) is 122 Å². The molecule has 1 aliphatic carbocycles. The van der Waals surface area contributed by atoms with Crippen LogP contribution in [0.4, 0.5) is 28.4 Å². The van der Waals surface area contributed by atoms with Gasteiger partial charge >= 0.3 is 6.85 Å². The highest BCUT2D eigenvalue weighted by molar-refractivity contribution is 7.26. The minimum Gasteiger partial charge on any atom is -0.375 e. The number of para-hydroxylation sites is 1. The van der Waals surface area contributed by atoms with Gasteiger partial charge in [-0.3, -0.25) is 0 Å². The van der Waals surface area contributed by atoms with Crippen LogP contribution in [0.1, 0.15) is 82.2 Å². The molecule has 0 unspecified atom stereocenters. The summed E-state index contributed by atoms with van der Waals surface area (Å²) in [5, 5.41) is 2.66. The maximum Gasteiger partial charge on any atom is 0.333 e. The van der Waals surface area contributed by atoms with Crippen LogP contribution in [0.2, 0.25) is 0 Å². The third-order valence-corrected chi connectivity index (χ3v) is 15.7. The molecule has 0 radical (unpaired) electrons. The molecule has 0 N–H and O–H groups in total. The Morgan fingerprint density at radius 3 is 2.07 bits per heavy atom. The third-order valence-electron chi connectivity index (χ3n) is 14.5. The normalized spacial score (nSPS) is 17.4. The topological polar surface area (TPSA) is 6.48 Å². The summed E-state index contributed by atoms with van der Waals surface area (Å²) >= 11 is 1.93. The van der Waals surface area contributed by atoms with Crippen LogP contribution >= 0.6 is 11.3 Å². The summed E-state index contributed by atoms with van der Waals surface area (Å²) in [4.78, 5) is 5.43. The highest BCUT2D eigenvalue weighted by Gasteiger charge is 2.51. The van der Waals surface area contributed by atoms with Gasteiger partial charge in [0.05, 0.1) is 10.4 Å². The van der Waals surface area contributed by atoms with E-state index in [0.717, 1.165) is 0 Å². The number of fused-ring (bicyclic) bond motifs is 10. The second kappa shape index (κ2) is 11.5. The van der Waals surface area contributed by atoms with Crippen molar-refractivity contribution in [2.24, 2.45) is 0 Å². The maximum absolute atomic E-state index is 2.73. The molecule has 0 amide bonds. The van der Waals surface area contributed by atoms with E-state index in [9.17, 15) is 0 Å². The molecule has 0 saturated carbocycles. The van der Waals surface area contributed by atoms with E-state index in [1.54, 1.807) is 0 Å². The Morgan fingerprint density at radius 1 is 0.534 bits per heavy atom. The van der Waals surface area contributed by atoms with Crippen molar-refractivity contribution >= 4 is 77.7 Å². The predicted molar refractivity (Wildman–Crippen MR) is 251 cm³/mol. The van der Waals surface area contributed by atoms with Crippen molar-refractivity contribution in [3.05, 3.63) is 161 Å². The second-order valence-electron chi connectivity index (χ2n) is 19.3. The summed E-state index contributed by atoms with van der Waals surface area (Å²) in [7, 11) is 0. The molecule has 0 atom stereocenters. The van der Waals surface area contributed by atoms with Crippen molar-refractivity contribution < 1.29 is 0 Å². The van der Waals surface area contributed by atoms with Crippen molar-refractivity contribution in [2.45, 2.75) is 77.6 Å². The average Bonchev–Trinajstić information content (AvgIpc) is 3.61. The molecule has 12 rings (SSSR count). The minimum absolute atomic E-state index is 0.0310. The van der Waals surface area contributed by atoms with Gasteiger partial charge in [0.1, 0.15) is 0 Å². The molecule has 0 bridgehead atoms. The Morgan fingerprint density at radius 2 is 1.26 bits per heavy atom. The third kappa shape index (κ3) is 4.50. The summed E-state index contributed by atoms with van der Waals surface area (Å²) in [5.74, 6) is 0. The fraction of sp³-hybridized carbons (Fsp3) is 0.222. The lowest BCUT2D eigenvalue weighted by atomic mass is 9.42. The van der Waals surface area contributed by atoms with Gasteiger partial charge in [-0.05, 0) is 116 Å². The van der Waals surface area contributed by atoms with E-state index in [0.29, 0.717) is 0 Å². The molecular weight excluding hydrogens is 719 g/mol. The highest BCUT2D eigenvalue weighted by Crippen LogP contribution is 2.58. The Labute approximate surface area is 346 Å². The molecule has 2 nitrogen and oxygen atoms in total. The fourth-order valence-electron chi connectivity index (χ4n) is 11.3. The standard InChI is InChI=1S/C54H47BN2S/c1-32-27-38-35-24-23-34(33-15-9-8-10-16-33)29-45(35)57(44-21-13-18-37-36-17-11-12-22-48(36)58-51(37)44)55-43-20-14-19-39-50(43)56(47(28-32)49(38)55)46-31-41-40(30-42(46)54(39,6)7)52(2,3)25-26-53(41,4)5/h8-24,27-31H,25-26H2,1-7H3. The van der Waals surface area contributed by atoms with Gasteiger partial charge in [0.25, 0.3) is 0 Å². The summed E-state index contributed by atoms with van der Waals surface area (Å²) < 4.78 is 2.67. The number of rotatable bonds is 2. The van der Waals surface area contributed by atoms with Gasteiger partial charge < -0.3 is 9.71 Å². The van der Waals surface area contributed by atoms with Crippen LogP contribution < -0.4 is 20.6 Å². The predicted octanol–water partition coefficient (Wildman–Crippen LogP) is 13.7. The lowest BCUT2D eigenvalue weighted by Crippen LogP contribution is -2.62. The van der Waals surface area contributed by atoms with Gasteiger partial charge in [0, 0.05) is 49.2 Å². The number of benzene rings is 7. The Bertz CT molecular complexity index is 3080. The van der Waals surface area contributed by atoms with E-state index in [-0.39, 0.29) is 23.1 Å². The largest absolute Gasteiger partial charge is 0.375 e. The van der Waals surface area contributed by atoms with Crippen LogP contribution in [-0.2, 0) is 16.2 Å². The van der Waals surface area contributed by atoms with Crippen molar-refractivity contribution in [1.29, 1.82) is 0 Å². The van der Waals surface area contributed by atoms with Gasteiger partial charge in [-0.2, -0.15) is 0 Å². The molecule has 0 saturated heterocycles. The van der Waals surface area contributed by atoms with E-state index in [4.69, 9.17) is 0 Å². The van der Waals surface area contributed by atoms with Gasteiger partial charge in [-0.1, -0.05) is 145 Å². The average molecular weight is 767 g/mol. The van der Waals surface area contributed by atoms with Crippen LogP contribution in [0.5, 0.6) is 0 Å². The number of anilines is 5. The molecular formula is C54H47BN2S. The van der Waals surface area contributed by atoms with Crippen LogP contribution in [0.15, 0.2) is 133 Å². The van der Waals surface area contributed by atoms with E-state index >= 15 is 0 Å². The van der Waals surface area contributed by atoms with E-state index in [2.05, 4.69) is 192 Å². The molecule has 7 aromatic carbocycles. The first-order valence-electron chi connectivity index (χ1n) is 21.1. The molecule has 0 fully saturated rings. The first-order chi connectivity index (χ1) is 27.9. The molecule has 0 spiro atoms. The number of nitrogens with zero attached hydrogens (tertiary/aromatic N) is 2. The molecule has 4 aliphatic rings. The molecule has 8 aromatic rings. The van der Waals surface area contributed by atoms with Crippen molar-refractivity contribution in [1.82, 2.24) is 0 Å². The Kier molecular flexibility index (Phi) is 6.86. The Hall–Kier alpha value is -5.58. The number of thiophene rings is 1. The molecule has 282 valence electrons. The summed E-state index contributed by atoms with van der Waals surface area (Å²) in [6.07, 6.45) is 2.40. The first-order valence-corrected chi connectivity index (χ1v) is 21.9. The second-order valence-corrected chi connectivity index (χ2v) is 20.3. The van der Waals surface area contributed by atoms with Gasteiger partial charge in [0.2, 0.25) is 0 Å². The number of hydrogen-bond acceptors (Lipinski definition) is 3. The van der Waals surface area contributed by atoms with Crippen molar-refractivity contribution in [3.63, 3.8) is 0 Å². The van der Waals surface area contributed by atoms with Crippen LogP contribution in [0, 0.1) is 6.92 Å². The first kappa shape index (κ1) is 34.5. The van der Waals surface area contributed by atoms with Crippen LogP contribution in [-0.4, -0.2) is 6.85 Å². The van der Waals surface area contributed by atoms with Crippen molar-refractivity contribution in [3.8, 4) is 22.3 Å². The quantitative estimate of drug-likeness (QED) is 0.162. The lowest BCUT2D eigenvalue weighted by Gasteiger charge is -2.52. The number of hydrogen-bond donors (Lipinski definition) is 0. The van der Waals surface area contributed by atoms with Crippen molar-refractivity contribution in [2.75, 3.05) is 9.71 Å². The lowest BCUT2D eigenvalue weighted by molar-refractivity contribution is 0.331. The summed E-state index contributed by atoms with van der Waals surface area (Å²) in [6, 6.07) is 51.4. The molecule has 4 heteroatoms. The molecule has 58 heavy (non-hydrogen) atoms. The Balaban J connectivity index is 1.21. The molecule has 3 aliphatic heterocycles. The molecule has 4 heterocycles. The fourth-order valence-corrected chi connectivity index (χ4v) is 12.5. The molecule has 1 aromatic heterocycles. The van der Waals surface area contributed by atoms with Crippen LogP contribution in [0.25, 0.3) is 42.4 Å². The monoisotopic (exact) mass is 766 g/mol. The summed E-state index contributed by atoms with van der Waals surface area (Å²) in [6.45, 7) is 17.1. The van der Waals surface area contributed by atoms with Crippen LogP contribution in [0.3, 0.4) is 0 Å². The maximum atomic E-state index is 2.73. The van der Waals surface area contributed by atoms with E-state index < -0.39 is 0 Å². The zero-order valence-electron chi connectivity index (χ0n) is 34.5. The zero-order valence-corrected chi connectivity index (χ0v) is 35.3. The minimum atomic E-state index is -0.197. The van der Waals surface area contributed by atoms with Gasteiger partial charge in [-0.15, -0.1) is 11.3 Å². The smallest absolute Gasteiger partial charge is 0.333 e. The number of aryl methyl sites for hydroxylation is 1.